The summed E-state index contributed by atoms with van der Waals surface area (Å²) in [5.74, 6) is -0.137. The predicted molar refractivity (Wildman–Crippen MR) is 128 cm³/mol. The van der Waals surface area contributed by atoms with Crippen molar-refractivity contribution in [2.75, 3.05) is 44.7 Å². The summed E-state index contributed by atoms with van der Waals surface area (Å²) in [5.41, 5.74) is 1.74. The predicted octanol–water partition coefficient (Wildman–Crippen LogP) is 4.02. The first-order chi connectivity index (χ1) is 16.3. The van der Waals surface area contributed by atoms with Gasteiger partial charge < -0.3 is 14.5 Å². The number of ether oxygens (including phenoxy) is 1. The average molecular weight is 466 g/mol. The second kappa shape index (κ2) is 8.69. The molecule has 3 heterocycles. The third-order valence-corrected chi connectivity index (χ3v) is 7.77. The van der Waals surface area contributed by atoms with Crippen molar-refractivity contribution in [2.45, 2.75) is 38.2 Å². The van der Waals surface area contributed by atoms with Gasteiger partial charge in [0.25, 0.3) is 0 Å². The van der Waals surface area contributed by atoms with Crippen LogP contribution >= 0.6 is 0 Å². The zero-order chi connectivity index (χ0) is 23.9. The number of anilines is 1. The third kappa shape index (κ3) is 4.29. The van der Waals surface area contributed by atoms with Crippen LogP contribution in [0.15, 0.2) is 48.5 Å². The highest BCUT2D eigenvalue weighted by molar-refractivity contribution is 5.91. The minimum Gasteiger partial charge on any atom is -0.439 e. The van der Waals surface area contributed by atoms with Crippen molar-refractivity contribution in [3.63, 3.8) is 0 Å². The number of nitrogens with zero attached hydrogens (tertiary/aromatic N) is 3. The summed E-state index contributed by atoms with van der Waals surface area (Å²) in [4.78, 5) is 32.6. The van der Waals surface area contributed by atoms with E-state index in [0.717, 1.165) is 42.7 Å². The van der Waals surface area contributed by atoms with Gasteiger partial charge in [0, 0.05) is 18.7 Å². The monoisotopic (exact) mass is 465 g/mol. The van der Waals surface area contributed by atoms with E-state index in [-0.39, 0.29) is 17.8 Å². The molecule has 3 fully saturated rings. The van der Waals surface area contributed by atoms with Crippen LogP contribution in [0.4, 0.5) is 14.9 Å². The lowest BCUT2D eigenvalue weighted by Crippen LogP contribution is -2.51. The Hall–Kier alpha value is -2.93. The molecule has 0 bridgehead atoms. The highest BCUT2D eigenvalue weighted by Crippen LogP contribution is 2.41. The first kappa shape index (κ1) is 22.8. The van der Waals surface area contributed by atoms with Crippen LogP contribution in [0.1, 0.15) is 30.4 Å². The highest BCUT2D eigenvalue weighted by Gasteiger charge is 2.53. The van der Waals surface area contributed by atoms with Crippen LogP contribution in [0.2, 0.25) is 0 Å². The van der Waals surface area contributed by atoms with Crippen molar-refractivity contribution in [1.29, 1.82) is 0 Å². The smallest absolute Gasteiger partial charge is 0.415 e. The van der Waals surface area contributed by atoms with Gasteiger partial charge in [-0.05, 0) is 76.2 Å². The summed E-state index contributed by atoms with van der Waals surface area (Å²) in [6, 6.07) is 14.3. The molecule has 180 valence electrons. The minimum atomic E-state index is -0.667. The first-order valence-electron chi connectivity index (χ1n) is 12.1. The Balaban J connectivity index is 1.33. The molecular formula is C27H32FN3O3. The minimum absolute atomic E-state index is 0.131. The molecule has 3 saturated heterocycles. The second-order valence-corrected chi connectivity index (χ2v) is 10.3. The number of hydrogen-bond acceptors (Lipinski definition) is 4. The van der Waals surface area contributed by atoms with Crippen LogP contribution in [0.3, 0.4) is 0 Å². The Labute approximate surface area is 200 Å². The molecule has 2 amide bonds. The van der Waals surface area contributed by atoms with Crippen LogP contribution in [-0.4, -0.2) is 67.2 Å². The quantitative estimate of drug-likeness (QED) is 0.685. The number of hydrogen-bond donors (Lipinski definition) is 0. The number of likely N-dealkylation sites (tertiary alicyclic amines) is 2. The Morgan fingerprint density at radius 1 is 0.971 bits per heavy atom. The number of carbonyl (C=O) groups is 2. The fourth-order valence-electron chi connectivity index (χ4n) is 5.62. The maximum absolute atomic E-state index is 14.0. The number of benzene rings is 2. The van der Waals surface area contributed by atoms with E-state index in [0.29, 0.717) is 32.5 Å². The number of aryl methyl sites for hydroxylation is 1. The van der Waals surface area contributed by atoms with E-state index in [1.807, 2.05) is 36.1 Å². The van der Waals surface area contributed by atoms with E-state index in [1.165, 1.54) is 12.1 Å². The molecule has 1 spiro atoms. The van der Waals surface area contributed by atoms with Crippen molar-refractivity contribution in [3.05, 3.63) is 65.5 Å². The summed E-state index contributed by atoms with van der Waals surface area (Å²) >= 11 is 0. The van der Waals surface area contributed by atoms with Gasteiger partial charge in [0.15, 0.2) is 5.60 Å². The standard InChI is InChI=1S/C27H32FN3O3/c1-20-3-9-23(10-4-20)31-19-27(34-25(31)33)13-16-30(18-27)24(32)26(11-14-29(2)15-12-26)17-21-5-7-22(28)8-6-21/h3-10H,11-19H2,1-2H3. The molecule has 0 N–H and O–H groups in total. The summed E-state index contributed by atoms with van der Waals surface area (Å²) in [7, 11) is 2.08. The molecule has 7 heteroatoms. The maximum atomic E-state index is 14.0. The van der Waals surface area contributed by atoms with Gasteiger partial charge in [-0.2, -0.15) is 0 Å². The molecule has 6 nitrogen and oxygen atoms in total. The van der Waals surface area contributed by atoms with Gasteiger partial charge >= 0.3 is 6.09 Å². The van der Waals surface area contributed by atoms with Gasteiger partial charge in [0.2, 0.25) is 5.91 Å². The number of rotatable bonds is 4. The molecular weight excluding hydrogens is 433 g/mol. The zero-order valence-electron chi connectivity index (χ0n) is 19.9. The summed E-state index contributed by atoms with van der Waals surface area (Å²) in [5, 5.41) is 0. The molecule has 3 aliphatic heterocycles. The molecule has 0 radical (unpaired) electrons. The van der Waals surface area contributed by atoms with Crippen molar-refractivity contribution in [3.8, 4) is 0 Å². The normalized spacial score (nSPS) is 24.6. The van der Waals surface area contributed by atoms with E-state index in [4.69, 9.17) is 4.74 Å². The highest BCUT2D eigenvalue weighted by atomic mass is 19.1. The van der Waals surface area contributed by atoms with E-state index >= 15 is 0 Å². The van der Waals surface area contributed by atoms with Gasteiger partial charge in [-0.1, -0.05) is 29.8 Å². The van der Waals surface area contributed by atoms with Crippen LogP contribution in [0, 0.1) is 18.2 Å². The Bertz CT molecular complexity index is 1060. The van der Waals surface area contributed by atoms with E-state index in [9.17, 15) is 14.0 Å². The van der Waals surface area contributed by atoms with Gasteiger partial charge in [0.1, 0.15) is 5.82 Å². The number of carbonyl (C=O) groups excluding carboxylic acids is 2. The molecule has 0 aromatic heterocycles. The summed E-state index contributed by atoms with van der Waals surface area (Å²) in [6.45, 7) is 5.16. The molecule has 0 saturated carbocycles. The lowest BCUT2D eigenvalue weighted by Gasteiger charge is -2.42. The molecule has 34 heavy (non-hydrogen) atoms. The largest absolute Gasteiger partial charge is 0.439 e. The fraction of sp³-hybridized carbons (Fsp3) is 0.481. The SMILES string of the molecule is Cc1ccc(N2CC3(CCN(C(=O)C4(Cc5ccc(F)cc5)CCN(C)CC4)C3)OC2=O)cc1. The molecule has 1 unspecified atom stereocenters. The van der Waals surface area contributed by atoms with Gasteiger partial charge in [-0.3, -0.25) is 9.69 Å². The number of piperidine rings is 1. The van der Waals surface area contributed by atoms with Crippen molar-refractivity contribution < 1.29 is 18.7 Å². The lowest BCUT2D eigenvalue weighted by molar-refractivity contribution is -0.144. The molecule has 2 aromatic carbocycles. The molecule has 0 aliphatic carbocycles. The van der Waals surface area contributed by atoms with Gasteiger partial charge in [-0.25, -0.2) is 9.18 Å². The van der Waals surface area contributed by atoms with Gasteiger partial charge in [-0.15, -0.1) is 0 Å². The lowest BCUT2D eigenvalue weighted by atomic mass is 9.72. The van der Waals surface area contributed by atoms with E-state index < -0.39 is 11.0 Å². The van der Waals surface area contributed by atoms with Crippen molar-refractivity contribution in [2.24, 2.45) is 5.41 Å². The summed E-state index contributed by atoms with van der Waals surface area (Å²) in [6.07, 6.45) is 2.41. The Kier molecular flexibility index (Phi) is 5.84. The molecule has 3 aliphatic rings. The Morgan fingerprint density at radius 3 is 2.32 bits per heavy atom. The fourth-order valence-corrected chi connectivity index (χ4v) is 5.62. The van der Waals surface area contributed by atoms with Gasteiger partial charge in [0.05, 0.1) is 18.5 Å². The topological polar surface area (TPSA) is 53.1 Å². The average Bonchev–Trinajstić information content (AvgIpc) is 3.39. The van der Waals surface area contributed by atoms with Crippen LogP contribution < -0.4 is 4.90 Å². The number of halogens is 1. The van der Waals surface area contributed by atoms with E-state index in [2.05, 4.69) is 11.9 Å². The van der Waals surface area contributed by atoms with E-state index in [1.54, 1.807) is 17.0 Å². The third-order valence-electron chi connectivity index (χ3n) is 7.77. The van der Waals surface area contributed by atoms with Crippen LogP contribution in [0.25, 0.3) is 0 Å². The molecule has 1 atom stereocenters. The summed E-state index contributed by atoms with van der Waals surface area (Å²) < 4.78 is 19.4. The molecule has 2 aromatic rings. The Morgan fingerprint density at radius 2 is 1.65 bits per heavy atom. The first-order valence-corrected chi connectivity index (χ1v) is 12.1. The van der Waals surface area contributed by atoms with Crippen molar-refractivity contribution in [1.82, 2.24) is 9.80 Å². The second-order valence-electron chi connectivity index (χ2n) is 10.3. The van der Waals surface area contributed by atoms with Crippen molar-refractivity contribution >= 4 is 17.7 Å². The van der Waals surface area contributed by atoms with Crippen LogP contribution in [0.5, 0.6) is 0 Å². The molecule has 5 rings (SSSR count). The zero-order valence-corrected chi connectivity index (χ0v) is 19.9. The maximum Gasteiger partial charge on any atom is 0.415 e. The number of amides is 2. The van der Waals surface area contributed by atoms with Crippen LogP contribution in [-0.2, 0) is 16.0 Å².